The number of ether oxygens (including phenoxy) is 1. The molecular formula is C32H42ClN7O3. The number of aliphatic hydroxyl groups excluding tert-OH is 1. The Kier molecular flexibility index (Phi) is 9.24. The van der Waals surface area contributed by atoms with E-state index in [4.69, 9.17) is 21.3 Å². The number of rotatable bonds is 7. The molecule has 43 heavy (non-hydrogen) atoms. The molecule has 1 aliphatic heterocycles. The quantitative estimate of drug-likeness (QED) is 0.338. The number of carbonyl (C=O) groups is 1. The highest BCUT2D eigenvalue weighted by Gasteiger charge is 2.36. The van der Waals surface area contributed by atoms with Crippen molar-refractivity contribution < 1.29 is 14.6 Å². The van der Waals surface area contributed by atoms with Crippen molar-refractivity contribution in [1.82, 2.24) is 35.0 Å². The number of amides is 2. The molecule has 0 saturated carbocycles. The van der Waals surface area contributed by atoms with E-state index in [1.165, 1.54) is 0 Å². The van der Waals surface area contributed by atoms with Crippen LogP contribution in [0.15, 0.2) is 49.1 Å². The summed E-state index contributed by atoms with van der Waals surface area (Å²) in [5.74, 6) is 0. The number of carbonyl (C=O) groups excluding carboxylic acids is 1. The van der Waals surface area contributed by atoms with Gasteiger partial charge in [0.25, 0.3) is 0 Å². The molecule has 0 bridgehead atoms. The molecular weight excluding hydrogens is 566 g/mol. The van der Waals surface area contributed by atoms with Crippen LogP contribution in [0.25, 0.3) is 11.6 Å². The number of fused-ring (bicyclic) bond motifs is 2. The number of aliphatic hydroxyl groups is 1. The molecule has 3 unspecified atom stereocenters. The molecule has 1 saturated heterocycles. The maximum absolute atomic E-state index is 13.3. The predicted molar refractivity (Wildman–Crippen MR) is 168 cm³/mol. The molecule has 2 amide bonds. The third-order valence-corrected chi connectivity index (χ3v) is 7.94. The number of halogens is 1. The predicted octanol–water partition coefficient (Wildman–Crippen LogP) is 4.57. The zero-order chi connectivity index (χ0) is 30.9. The Morgan fingerprint density at radius 2 is 1.91 bits per heavy atom. The highest BCUT2D eigenvalue weighted by molar-refractivity contribution is 6.30. The molecule has 0 radical (unpaired) electrons. The van der Waals surface area contributed by atoms with Crippen LogP contribution in [0.1, 0.15) is 74.8 Å². The standard InChI is InChI=1S/C32H42ClN7O3/c1-20(2)43-31(42)40-14-12-39(13-15-40)29-23-10-9-22(33)17-24(23)25(16-21-8-7-11-35-27(21)29)28(26-18-34-19-38(26)6)36-30(41)37-32(3,4)5/h7-11,16-20,28-29,31,42H,12-15H2,1-6H3,(H2,36,37,41). The average Bonchev–Trinajstić information content (AvgIpc) is 3.30. The Morgan fingerprint density at radius 3 is 2.56 bits per heavy atom. The van der Waals surface area contributed by atoms with E-state index in [-0.39, 0.29) is 18.2 Å². The van der Waals surface area contributed by atoms with Gasteiger partial charge in [0, 0.05) is 50.0 Å². The minimum Gasteiger partial charge on any atom is -0.356 e. The number of nitrogens with one attached hydrogen (secondary N) is 2. The smallest absolute Gasteiger partial charge is 0.315 e. The maximum Gasteiger partial charge on any atom is 0.315 e. The van der Waals surface area contributed by atoms with E-state index in [0.29, 0.717) is 31.2 Å². The SMILES string of the molecule is CC(C)OC(O)N1CCN(C2c3ccc(Cl)cc3C(C(NC(=O)NC(C)(C)C)c3cncn3C)=Cc3cccnc32)CC1. The van der Waals surface area contributed by atoms with Crippen molar-refractivity contribution in [1.29, 1.82) is 0 Å². The van der Waals surface area contributed by atoms with Gasteiger partial charge in [-0.2, -0.15) is 0 Å². The van der Waals surface area contributed by atoms with Crippen molar-refractivity contribution in [3.05, 3.63) is 82.2 Å². The zero-order valence-corrected chi connectivity index (χ0v) is 26.5. The molecule has 1 aliphatic carbocycles. The third-order valence-electron chi connectivity index (χ3n) is 7.71. The zero-order valence-electron chi connectivity index (χ0n) is 25.7. The second kappa shape index (κ2) is 12.8. The number of pyridine rings is 1. The first-order valence-corrected chi connectivity index (χ1v) is 15.1. The summed E-state index contributed by atoms with van der Waals surface area (Å²) < 4.78 is 7.56. The molecule has 2 aliphatic rings. The van der Waals surface area contributed by atoms with Gasteiger partial charge in [-0.25, -0.2) is 9.78 Å². The van der Waals surface area contributed by atoms with E-state index in [1.54, 1.807) is 12.5 Å². The molecule has 11 heteroatoms. The van der Waals surface area contributed by atoms with Gasteiger partial charge in [-0.15, -0.1) is 0 Å². The molecule has 3 N–H and O–H groups in total. The number of aromatic nitrogens is 3. The molecule has 230 valence electrons. The van der Waals surface area contributed by atoms with Crippen molar-refractivity contribution in [2.75, 3.05) is 26.2 Å². The number of imidazole rings is 1. The monoisotopic (exact) mass is 607 g/mol. The molecule has 3 heterocycles. The number of piperazine rings is 1. The van der Waals surface area contributed by atoms with Crippen molar-refractivity contribution in [3.63, 3.8) is 0 Å². The molecule has 2 aromatic heterocycles. The van der Waals surface area contributed by atoms with Gasteiger partial charge in [0.1, 0.15) is 0 Å². The van der Waals surface area contributed by atoms with Gasteiger partial charge in [-0.1, -0.05) is 23.7 Å². The maximum atomic E-state index is 13.3. The van der Waals surface area contributed by atoms with Crippen LogP contribution in [0.4, 0.5) is 4.79 Å². The summed E-state index contributed by atoms with van der Waals surface area (Å²) in [5.41, 5.74) is 5.17. The Balaban J connectivity index is 1.59. The molecule has 3 atom stereocenters. The first-order chi connectivity index (χ1) is 20.4. The summed E-state index contributed by atoms with van der Waals surface area (Å²) >= 11 is 6.67. The average molecular weight is 608 g/mol. The number of urea groups is 1. The van der Waals surface area contributed by atoms with Crippen LogP contribution in [0, 0.1) is 0 Å². The summed E-state index contributed by atoms with van der Waals surface area (Å²) in [6, 6.07) is 8.97. The number of aryl methyl sites for hydroxylation is 1. The highest BCUT2D eigenvalue weighted by atomic mass is 35.5. The van der Waals surface area contributed by atoms with Gasteiger partial charge in [0.2, 0.25) is 6.41 Å². The van der Waals surface area contributed by atoms with Gasteiger partial charge < -0.3 is 25.0 Å². The molecule has 5 rings (SSSR count). The van der Waals surface area contributed by atoms with Gasteiger partial charge >= 0.3 is 6.03 Å². The van der Waals surface area contributed by atoms with Crippen molar-refractivity contribution in [3.8, 4) is 0 Å². The summed E-state index contributed by atoms with van der Waals surface area (Å²) in [4.78, 5) is 27.0. The summed E-state index contributed by atoms with van der Waals surface area (Å²) in [6.07, 6.45) is 6.44. The van der Waals surface area contributed by atoms with Crippen LogP contribution in [0.3, 0.4) is 0 Å². The Morgan fingerprint density at radius 1 is 1.16 bits per heavy atom. The minimum absolute atomic E-state index is 0.0708. The Bertz CT molecular complexity index is 1470. The van der Waals surface area contributed by atoms with E-state index in [0.717, 1.165) is 33.7 Å². The molecule has 1 fully saturated rings. The van der Waals surface area contributed by atoms with E-state index < -0.39 is 18.0 Å². The van der Waals surface area contributed by atoms with Crippen LogP contribution >= 0.6 is 11.6 Å². The van der Waals surface area contributed by atoms with Crippen LogP contribution < -0.4 is 10.6 Å². The van der Waals surface area contributed by atoms with E-state index in [2.05, 4.69) is 38.7 Å². The van der Waals surface area contributed by atoms with Crippen LogP contribution in [0.5, 0.6) is 0 Å². The van der Waals surface area contributed by atoms with E-state index in [1.807, 2.05) is 75.5 Å². The first-order valence-electron chi connectivity index (χ1n) is 14.7. The van der Waals surface area contributed by atoms with Gasteiger partial charge in [0.15, 0.2) is 0 Å². The van der Waals surface area contributed by atoms with E-state index in [9.17, 15) is 9.90 Å². The summed E-state index contributed by atoms with van der Waals surface area (Å²) in [5, 5.41) is 17.5. The van der Waals surface area contributed by atoms with Crippen molar-refractivity contribution in [2.24, 2.45) is 7.05 Å². The number of benzene rings is 1. The summed E-state index contributed by atoms with van der Waals surface area (Å²) in [6.45, 7) is 12.4. The lowest BCUT2D eigenvalue weighted by atomic mass is 9.90. The lowest BCUT2D eigenvalue weighted by Crippen LogP contribution is -2.52. The minimum atomic E-state index is -0.939. The van der Waals surface area contributed by atoms with Crippen LogP contribution in [-0.4, -0.2) is 79.7 Å². The van der Waals surface area contributed by atoms with Gasteiger partial charge in [0.05, 0.1) is 42.1 Å². The van der Waals surface area contributed by atoms with Crippen LogP contribution in [-0.2, 0) is 11.8 Å². The molecule has 3 aromatic rings. The van der Waals surface area contributed by atoms with Gasteiger partial charge in [-0.05, 0) is 81.2 Å². The van der Waals surface area contributed by atoms with Crippen molar-refractivity contribution in [2.45, 2.75) is 64.8 Å². The lowest BCUT2D eigenvalue weighted by molar-refractivity contribution is -0.218. The third kappa shape index (κ3) is 7.11. The van der Waals surface area contributed by atoms with Crippen molar-refractivity contribution >= 4 is 29.3 Å². The summed E-state index contributed by atoms with van der Waals surface area (Å²) in [7, 11) is 1.92. The highest BCUT2D eigenvalue weighted by Crippen LogP contribution is 2.44. The topological polar surface area (TPSA) is 108 Å². The second-order valence-corrected chi connectivity index (χ2v) is 12.9. The number of hydrogen-bond donors (Lipinski definition) is 3. The largest absolute Gasteiger partial charge is 0.356 e. The molecule has 10 nitrogen and oxygen atoms in total. The fourth-order valence-electron chi connectivity index (χ4n) is 5.81. The second-order valence-electron chi connectivity index (χ2n) is 12.5. The van der Waals surface area contributed by atoms with Crippen LogP contribution in [0.2, 0.25) is 5.02 Å². The Hall–Kier alpha value is -3.28. The number of nitrogens with zero attached hydrogens (tertiary/aromatic N) is 5. The molecule has 0 spiro atoms. The lowest BCUT2D eigenvalue weighted by Gasteiger charge is -2.41. The normalized spacial score (nSPS) is 19.2. The fraction of sp³-hybridized carbons (Fsp3) is 0.469. The molecule has 1 aromatic carbocycles. The van der Waals surface area contributed by atoms with E-state index >= 15 is 0 Å². The Labute approximate surface area is 258 Å². The fourth-order valence-corrected chi connectivity index (χ4v) is 5.98. The van der Waals surface area contributed by atoms with Gasteiger partial charge in [-0.3, -0.25) is 14.8 Å². The first kappa shape index (κ1) is 31.2. The number of hydrogen-bond acceptors (Lipinski definition) is 7.